The van der Waals surface area contributed by atoms with Crippen molar-refractivity contribution in [1.82, 2.24) is 15.5 Å². The van der Waals surface area contributed by atoms with Gasteiger partial charge in [0.2, 0.25) is 11.8 Å². The molecule has 17 heavy (non-hydrogen) atoms. The van der Waals surface area contributed by atoms with Gasteiger partial charge >= 0.3 is 6.01 Å². The summed E-state index contributed by atoms with van der Waals surface area (Å²) in [5, 5.41) is 10.4. The number of carbonyl (C=O) groups excluding carboxylic acids is 1. The van der Waals surface area contributed by atoms with Crippen LogP contribution in [0.4, 0.5) is 6.01 Å². The molecule has 1 unspecified atom stereocenters. The summed E-state index contributed by atoms with van der Waals surface area (Å²) in [6, 6.07) is 0.443. The van der Waals surface area contributed by atoms with Crippen LogP contribution in [-0.4, -0.2) is 36.2 Å². The van der Waals surface area contributed by atoms with Crippen LogP contribution in [0.25, 0.3) is 0 Å². The third kappa shape index (κ3) is 2.10. The van der Waals surface area contributed by atoms with E-state index in [1.54, 1.807) is 7.05 Å². The lowest BCUT2D eigenvalue weighted by atomic mass is 9.89. The Morgan fingerprint density at radius 2 is 2.41 bits per heavy atom. The summed E-state index contributed by atoms with van der Waals surface area (Å²) in [6.07, 6.45) is 0.771. The molecule has 1 aliphatic rings. The maximum atomic E-state index is 11.7. The molecule has 0 spiro atoms. The van der Waals surface area contributed by atoms with Crippen molar-refractivity contribution in [3.8, 4) is 0 Å². The minimum Gasteiger partial charge on any atom is -0.407 e. The average molecular weight is 239 g/mol. The summed E-state index contributed by atoms with van der Waals surface area (Å²) < 4.78 is 5.37. The molecular formula is C10H17N5O2. The van der Waals surface area contributed by atoms with E-state index in [2.05, 4.69) is 15.5 Å². The first-order valence-corrected chi connectivity index (χ1v) is 5.58. The number of nitrogens with two attached hydrogens (primary N) is 1. The summed E-state index contributed by atoms with van der Waals surface area (Å²) >= 11 is 0. The van der Waals surface area contributed by atoms with E-state index in [-0.39, 0.29) is 12.5 Å². The van der Waals surface area contributed by atoms with Crippen LogP contribution in [0.3, 0.4) is 0 Å². The molecule has 7 nitrogen and oxygen atoms in total. The number of nitrogens with one attached hydrogen (secondary N) is 1. The van der Waals surface area contributed by atoms with E-state index in [0.717, 1.165) is 13.0 Å². The largest absolute Gasteiger partial charge is 0.407 e. The molecule has 2 rings (SSSR count). The number of aromatic nitrogens is 2. The monoisotopic (exact) mass is 239 g/mol. The molecule has 0 aromatic carbocycles. The van der Waals surface area contributed by atoms with E-state index in [0.29, 0.717) is 18.5 Å². The van der Waals surface area contributed by atoms with E-state index < -0.39 is 5.41 Å². The smallest absolute Gasteiger partial charge is 0.318 e. The maximum Gasteiger partial charge on any atom is 0.318 e. The van der Waals surface area contributed by atoms with Gasteiger partial charge < -0.3 is 20.4 Å². The molecule has 0 aliphatic carbocycles. The number of nitrogens with zero attached hydrogens (tertiary/aromatic N) is 3. The lowest BCUT2D eigenvalue weighted by Crippen LogP contribution is -2.39. The van der Waals surface area contributed by atoms with Crippen LogP contribution < -0.4 is 16.0 Å². The van der Waals surface area contributed by atoms with E-state index in [4.69, 9.17) is 10.2 Å². The van der Waals surface area contributed by atoms with Crippen LogP contribution in [0, 0.1) is 5.41 Å². The second-order valence-electron chi connectivity index (χ2n) is 4.49. The van der Waals surface area contributed by atoms with Gasteiger partial charge in [-0.3, -0.25) is 4.79 Å². The molecule has 3 N–H and O–H groups in total. The van der Waals surface area contributed by atoms with Crippen molar-refractivity contribution in [2.45, 2.75) is 19.9 Å². The van der Waals surface area contributed by atoms with Crippen molar-refractivity contribution >= 4 is 11.9 Å². The van der Waals surface area contributed by atoms with Gasteiger partial charge in [0, 0.05) is 20.1 Å². The fraction of sp³-hybridized carbons (Fsp3) is 0.700. The molecule has 1 aliphatic heterocycles. The minimum absolute atomic E-state index is 0.0403. The van der Waals surface area contributed by atoms with E-state index in [1.807, 2.05) is 11.8 Å². The summed E-state index contributed by atoms with van der Waals surface area (Å²) in [4.78, 5) is 13.7. The van der Waals surface area contributed by atoms with Crippen LogP contribution in [0.2, 0.25) is 0 Å². The fourth-order valence-electron chi connectivity index (χ4n) is 2.07. The Bertz CT molecular complexity index is 419. The van der Waals surface area contributed by atoms with Crippen LogP contribution >= 0.6 is 0 Å². The van der Waals surface area contributed by atoms with Gasteiger partial charge in [-0.2, -0.15) is 0 Å². The average Bonchev–Trinajstić information content (AvgIpc) is 2.94. The predicted octanol–water partition coefficient (Wildman–Crippen LogP) is -0.509. The van der Waals surface area contributed by atoms with Gasteiger partial charge in [0.25, 0.3) is 0 Å². The van der Waals surface area contributed by atoms with Gasteiger partial charge in [-0.1, -0.05) is 5.10 Å². The first kappa shape index (κ1) is 11.8. The summed E-state index contributed by atoms with van der Waals surface area (Å²) in [6.45, 7) is 3.48. The number of hydrogen-bond acceptors (Lipinski definition) is 6. The van der Waals surface area contributed by atoms with Crippen molar-refractivity contribution in [1.29, 1.82) is 0 Å². The standard InChI is InChI=1S/C10H17N5O2/c1-10(8(16)12-2)3-4-15(6-10)9-14-13-7(5-11)17-9/h3-6,11H2,1-2H3,(H,12,16). The van der Waals surface area contributed by atoms with Crippen molar-refractivity contribution in [2.24, 2.45) is 11.1 Å². The van der Waals surface area contributed by atoms with E-state index >= 15 is 0 Å². The quantitative estimate of drug-likeness (QED) is 0.737. The maximum absolute atomic E-state index is 11.7. The SMILES string of the molecule is CNC(=O)C1(C)CCN(c2nnc(CN)o2)C1. The summed E-state index contributed by atoms with van der Waals surface area (Å²) in [5.41, 5.74) is 5.01. The molecule has 7 heteroatoms. The predicted molar refractivity (Wildman–Crippen MR) is 61.2 cm³/mol. The zero-order valence-corrected chi connectivity index (χ0v) is 10.1. The molecule has 1 amide bonds. The second-order valence-corrected chi connectivity index (χ2v) is 4.49. The van der Waals surface area contributed by atoms with Crippen molar-refractivity contribution in [3.63, 3.8) is 0 Å². The molecular weight excluding hydrogens is 222 g/mol. The molecule has 0 radical (unpaired) electrons. The van der Waals surface area contributed by atoms with Crippen LogP contribution in [0.1, 0.15) is 19.2 Å². The Labute approximate surface area is 99.4 Å². The number of hydrogen-bond donors (Lipinski definition) is 2. The van der Waals surface area contributed by atoms with Crippen LogP contribution in [0.15, 0.2) is 4.42 Å². The Morgan fingerprint density at radius 3 is 3.00 bits per heavy atom. The van der Waals surface area contributed by atoms with Gasteiger partial charge in [-0.15, -0.1) is 5.10 Å². The lowest BCUT2D eigenvalue weighted by molar-refractivity contribution is -0.128. The molecule has 94 valence electrons. The highest BCUT2D eigenvalue weighted by Crippen LogP contribution is 2.32. The summed E-state index contributed by atoms with van der Waals surface area (Å²) in [5.74, 6) is 0.451. The zero-order valence-electron chi connectivity index (χ0n) is 10.1. The Morgan fingerprint density at radius 1 is 1.65 bits per heavy atom. The second kappa shape index (κ2) is 4.33. The molecule has 1 aromatic rings. The van der Waals surface area contributed by atoms with Crippen LogP contribution in [0.5, 0.6) is 0 Å². The Hall–Kier alpha value is -1.63. The zero-order chi connectivity index (χ0) is 12.5. The highest BCUT2D eigenvalue weighted by atomic mass is 16.4. The van der Waals surface area contributed by atoms with Gasteiger partial charge in [0.05, 0.1) is 12.0 Å². The van der Waals surface area contributed by atoms with Gasteiger partial charge in [0.1, 0.15) is 0 Å². The first-order valence-electron chi connectivity index (χ1n) is 5.58. The highest BCUT2D eigenvalue weighted by Gasteiger charge is 2.41. The number of rotatable bonds is 3. The van der Waals surface area contributed by atoms with E-state index in [9.17, 15) is 4.79 Å². The van der Waals surface area contributed by atoms with Crippen LogP contribution in [-0.2, 0) is 11.3 Å². The minimum atomic E-state index is -0.397. The Balaban J connectivity index is 2.09. The third-order valence-corrected chi connectivity index (χ3v) is 3.15. The normalized spacial score (nSPS) is 24.1. The molecule has 0 saturated carbocycles. The van der Waals surface area contributed by atoms with Crippen molar-refractivity contribution < 1.29 is 9.21 Å². The van der Waals surface area contributed by atoms with E-state index in [1.165, 1.54) is 0 Å². The molecule has 2 heterocycles. The van der Waals surface area contributed by atoms with Crippen molar-refractivity contribution in [2.75, 3.05) is 25.0 Å². The highest BCUT2D eigenvalue weighted by molar-refractivity contribution is 5.83. The molecule has 1 atom stereocenters. The molecule has 1 aromatic heterocycles. The lowest BCUT2D eigenvalue weighted by Gasteiger charge is -2.21. The van der Waals surface area contributed by atoms with Crippen molar-refractivity contribution in [3.05, 3.63) is 5.89 Å². The third-order valence-electron chi connectivity index (χ3n) is 3.15. The molecule has 1 fully saturated rings. The number of amides is 1. The van der Waals surface area contributed by atoms with Gasteiger partial charge in [-0.05, 0) is 13.3 Å². The molecule has 0 bridgehead atoms. The Kier molecular flexibility index (Phi) is 3.01. The summed E-state index contributed by atoms with van der Waals surface area (Å²) in [7, 11) is 1.65. The molecule has 1 saturated heterocycles. The number of carbonyl (C=O) groups is 1. The fourth-order valence-corrected chi connectivity index (χ4v) is 2.07. The topological polar surface area (TPSA) is 97.3 Å². The van der Waals surface area contributed by atoms with Gasteiger partial charge in [-0.25, -0.2) is 0 Å². The van der Waals surface area contributed by atoms with Gasteiger partial charge in [0.15, 0.2) is 0 Å². The first-order chi connectivity index (χ1) is 8.09. The number of anilines is 1.